The van der Waals surface area contributed by atoms with Gasteiger partial charge < -0.3 is 10.6 Å². The highest BCUT2D eigenvalue weighted by atomic mass is 35.5. The summed E-state index contributed by atoms with van der Waals surface area (Å²) in [5.74, 6) is -0.443. The smallest absolute Gasteiger partial charge is 0.248 e. The van der Waals surface area contributed by atoms with Crippen LogP contribution in [-0.4, -0.2) is 21.6 Å². The van der Waals surface area contributed by atoms with Gasteiger partial charge in [-0.2, -0.15) is 5.10 Å². The molecule has 6 nitrogen and oxygen atoms in total. The highest BCUT2D eigenvalue weighted by Crippen LogP contribution is 2.22. The third-order valence-electron chi connectivity index (χ3n) is 4.63. The molecule has 0 radical (unpaired) electrons. The molecule has 3 aromatic rings. The summed E-state index contributed by atoms with van der Waals surface area (Å²) < 4.78 is 1.72. The number of nitrogens with one attached hydrogen (secondary N) is 2. The largest absolute Gasteiger partial charge is 0.326 e. The first-order valence-electron chi connectivity index (χ1n) is 10.0. The molecule has 1 aromatic heterocycles. The Kier molecular flexibility index (Phi) is 7.26. The van der Waals surface area contributed by atoms with Crippen LogP contribution in [0.25, 0.3) is 6.08 Å². The molecule has 2 amide bonds. The number of hydrogen-bond donors (Lipinski definition) is 2. The summed E-state index contributed by atoms with van der Waals surface area (Å²) in [6.45, 7) is 6.07. The average molecular weight is 437 g/mol. The lowest BCUT2D eigenvalue weighted by atomic mass is 10.2. The predicted molar refractivity (Wildman–Crippen MR) is 125 cm³/mol. The van der Waals surface area contributed by atoms with E-state index in [-0.39, 0.29) is 17.7 Å². The summed E-state index contributed by atoms with van der Waals surface area (Å²) in [6.07, 6.45) is 3.09. The van der Waals surface area contributed by atoms with Crippen LogP contribution in [0.15, 0.2) is 60.7 Å². The van der Waals surface area contributed by atoms with Crippen molar-refractivity contribution in [1.29, 1.82) is 0 Å². The molecule has 3 rings (SSSR count). The molecule has 0 fully saturated rings. The van der Waals surface area contributed by atoms with Gasteiger partial charge in [-0.1, -0.05) is 55.8 Å². The standard InChI is InChI=1S/C24H25ClN4O2/c1-16(2)24(31)27-20-11-9-19(10-12-20)26-22(30)14-13-21-17(3)28-29(23(21)25)15-18-7-5-4-6-8-18/h4-14,16H,15H2,1-3H3,(H,26,30)(H,27,31)/b14-13+. The quantitative estimate of drug-likeness (QED) is 0.503. The zero-order valence-corrected chi connectivity index (χ0v) is 18.5. The van der Waals surface area contributed by atoms with Crippen molar-refractivity contribution in [2.45, 2.75) is 27.3 Å². The van der Waals surface area contributed by atoms with E-state index in [9.17, 15) is 9.59 Å². The first-order valence-corrected chi connectivity index (χ1v) is 10.4. The monoisotopic (exact) mass is 436 g/mol. The van der Waals surface area contributed by atoms with Gasteiger partial charge in [0.15, 0.2) is 0 Å². The zero-order valence-electron chi connectivity index (χ0n) is 17.7. The number of hydrogen-bond acceptors (Lipinski definition) is 3. The maximum absolute atomic E-state index is 12.3. The minimum atomic E-state index is -0.287. The topological polar surface area (TPSA) is 76.0 Å². The minimum absolute atomic E-state index is 0.0558. The van der Waals surface area contributed by atoms with Crippen molar-refractivity contribution in [2.75, 3.05) is 10.6 Å². The molecule has 0 saturated carbocycles. The van der Waals surface area contributed by atoms with Gasteiger partial charge in [0.2, 0.25) is 11.8 Å². The number of rotatable bonds is 7. The van der Waals surface area contributed by atoms with Gasteiger partial charge in [0.05, 0.1) is 12.2 Å². The van der Waals surface area contributed by atoms with Crippen molar-refractivity contribution >= 4 is 40.9 Å². The van der Waals surface area contributed by atoms with E-state index >= 15 is 0 Å². The first-order chi connectivity index (χ1) is 14.8. The van der Waals surface area contributed by atoms with E-state index in [0.29, 0.717) is 28.6 Å². The van der Waals surface area contributed by atoms with Gasteiger partial charge in [0.25, 0.3) is 0 Å². The number of carbonyl (C=O) groups excluding carboxylic acids is 2. The Labute approximate surface area is 186 Å². The number of carbonyl (C=O) groups is 2. The lowest BCUT2D eigenvalue weighted by molar-refractivity contribution is -0.119. The second-order valence-electron chi connectivity index (χ2n) is 7.48. The van der Waals surface area contributed by atoms with Crippen LogP contribution >= 0.6 is 11.6 Å². The Bertz CT molecular complexity index is 1090. The van der Waals surface area contributed by atoms with E-state index in [1.54, 1.807) is 35.0 Å². The molecular weight excluding hydrogens is 412 g/mol. The molecule has 0 aliphatic rings. The van der Waals surface area contributed by atoms with E-state index < -0.39 is 0 Å². The molecule has 2 N–H and O–H groups in total. The number of nitrogens with zero attached hydrogens (tertiary/aromatic N) is 2. The van der Waals surface area contributed by atoms with Crippen molar-refractivity contribution in [1.82, 2.24) is 9.78 Å². The molecule has 0 aliphatic carbocycles. The van der Waals surface area contributed by atoms with Gasteiger partial charge >= 0.3 is 0 Å². The second-order valence-corrected chi connectivity index (χ2v) is 7.84. The summed E-state index contributed by atoms with van der Waals surface area (Å²) >= 11 is 6.49. The highest BCUT2D eigenvalue weighted by molar-refractivity contribution is 6.31. The molecule has 0 atom stereocenters. The Morgan fingerprint density at radius 1 is 1.03 bits per heavy atom. The second kappa shape index (κ2) is 10.1. The molecule has 2 aromatic carbocycles. The summed E-state index contributed by atoms with van der Waals surface area (Å²) in [5.41, 5.74) is 3.85. The zero-order chi connectivity index (χ0) is 22.4. The van der Waals surface area contributed by atoms with Crippen LogP contribution in [0.1, 0.15) is 30.7 Å². The fourth-order valence-corrected chi connectivity index (χ4v) is 3.18. The summed E-state index contributed by atoms with van der Waals surface area (Å²) in [6, 6.07) is 16.9. The fraction of sp³-hybridized carbons (Fsp3) is 0.208. The minimum Gasteiger partial charge on any atom is -0.326 e. The number of halogens is 1. The lowest BCUT2D eigenvalue weighted by Crippen LogP contribution is -2.17. The highest BCUT2D eigenvalue weighted by Gasteiger charge is 2.12. The van der Waals surface area contributed by atoms with Gasteiger partial charge in [-0.25, -0.2) is 4.68 Å². The normalized spacial score (nSPS) is 11.1. The van der Waals surface area contributed by atoms with E-state index in [4.69, 9.17) is 11.6 Å². The number of aryl methyl sites for hydroxylation is 1. The average Bonchev–Trinajstić information content (AvgIpc) is 3.01. The number of aromatic nitrogens is 2. The number of anilines is 2. The molecule has 160 valence electrons. The van der Waals surface area contributed by atoms with Crippen LogP contribution in [0.2, 0.25) is 5.15 Å². The SMILES string of the molecule is Cc1nn(Cc2ccccc2)c(Cl)c1/C=C/C(=O)Nc1ccc(NC(=O)C(C)C)cc1. The molecule has 0 spiro atoms. The molecular formula is C24H25ClN4O2. The Morgan fingerprint density at radius 2 is 1.65 bits per heavy atom. The third kappa shape index (κ3) is 6.06. The summed E-state index contributed by atoms with van der Waals surface area (Å²) in [5, 5.41) is 10.6. The van der Waals surface area contributed by atoms with E-state index in [1.165, 1.54) is 6.08 Å². The molecule has 0 saturated heterocycles. The van der Waals surface area contributed by atoms with Crippen molar-refractivity contribution in [3.05, 3.63) is 82.6 Å². The number of benzene rings is 2. The van der Waals surface area contributed by atoms with Crippen LogP contribution in [0.5, 0.6) is 0 Å². The van der Waals surface area contributed by atoms with Crippen molar-refractivity contribution < 1.29 is 9.59 Å². The van der Waals surface area contributed by atoms with Gasteiger partial charge in [0, 0.05) is 28.9 Å². The van der Waals surface area contributed by atoms with Gasteiger partial charge in [-0.05, 0) is 42.8 Å². The predicted octanol–water partition coefficient (Wildman–Crippen LogP) is 5.14. The van der Waals surface area contributed by atoms with Crippen LogP contribution in [-0.2, 0) is 16.1 Å². The number of amides is 2. The Balaban J connectivity index is 1.63. The molecule has 0 bridgehead atoms. The molecule has 1 heterocycles. The van der Waals surface area contributed by atoms with Gasteiger partial charge in [0.1, 0.15) is 5.15 Å². The Morgan fingerprint density at radius 3 is 2.26 bits per heavy atom. The van der Waals surface area contributed by atoms with Crippen LogP contribution in [0, 0.1) is 12.8 Å². The van der Waals surface area contributed by atoms with E-state index in [2.05, 4.69) is 15.7 Å². The molecule has 7 heteroatoms. The maximum Gasteiger partial charge on any atom is 0.248 e. The van der Waals surface area contributed by atoms with Gasteiger partial charge in [-0.3, -0.25) is 9.59 Å². The summed E-state index contributed by atoms with van der Waals surface area (Å²) in [4.78, 5) is 24.1. The lowest BCUT2D eigenvalue weighted by Gasteiger charge is -2.08. The third-order valence-corrected chi connectivity index (χ3v) is 5.03. The summed E-state index contributed by atoms with van der Waals surface area (Å²) in [7, 11) is 0. The van der Waals surface area contributed by atoms with Crippen LogP contribution < -0.4 is 10.6 Å². The van der Waals surface area contributed by atoms with Crippen molar-refractivity contribution in [3.63, 3.8) is 0 Å². The molecule has 31 heavy (non-hydrogen) atoms. The van der Waals surface area contributed by atoms with E-state index in [0.717, 1.165) is 11.3 Å². The Hall–Kier alpha value is -3.38. The van der Waals surface area contributed by atoms with Crippen molar-refractivity contribution in [2.24, 2.45) is 5.92 Å². The van der Waals surface area contributed by atoms with Crippen LogP contribution in [0.4, 0.5) is 11.4 Å². The first kappa shape index (κ1) is 22.3. The fourth-order valence-electron chi connectivity index (χ4n) is 2.88. The van der Waals surface area contributed by atoms with Gasteiger partial charge in [-0.15, -0.1) is 0 Å². The van der Waals surface area contributed by atoms with Crippen molar-refractivity contribution in [3.8, 4) is 0 Å². The molecule has 0 aliphatic heterocycles. The maximum atomic E-state index is 12.3. The van der Waals surface area contributed by atoms with Crippen LogP contribution in [0.3, 0.4) is 0 Å². The van der Waals surface area contributed by atoms with E-state index in [1.807, 2.05) is 51.1 Å². The molecule has 0 unspecified atom stereocenters.